The highest BCUT2D eigenvalue weighted by atomic mass is 16.5. The number of rotatable bonds is 6. The van der Waals surface area contributed by atoms with Crippen LogP contribution in [-0.4, -0.2) is 32.5 Å². The molecule has 0 bridgehead atoms. The van der Waals surface area contributed by atoms with Gasteiger partial charge in [0.1, 0.15) is 18.2 Å². The number of anilines is 1. The number of fused-ring (bicyclic) bond motifs is 1. The summed E-state index contributed by atoms with van der Waals surface area (Å²) in [5.41, 5.74) is 2.91. The third-order valence-electron chi connectivity index (χ3n) is 4.21. The molecule has 2 aromatic heterocycles. The molecule has 0 amide bonds. The minimum atomic E-state index is 0.0907. The predicted octanol–water partition coefficient (Wildman–Crippen LogP) is 3.98. The highest BCUT2D eigenvalue weighted by Crippen LogP contribution is 2.18. The molecule has 1 N–H and O–H groups in total. The number of ether oxygens (including phenoxy) is 1. The maximum Gasteiger partial charge on any atom is 0.185 e. The Kier molecular flexibility index (Phi) is 4.70. The summed E-state index contributed by atoms with van der Waals surface area (Å²) in [6, 6.07) is 21.9. The van der Waals surface area contributed by atoms with Gasteiger partial charge in [0.15, 0.2) is 11.5 Å². The second-order valence-corrected chi connectivity index (χ2v) is 6.55. The molecule has 136 valence electrons. The van der Waals surface area contributed by atoms with E-state index in [1.54, 1.807) is 4.52 Å². The number of aromatic nitrogens is 4. The lowest BCUT2D eigenvalue weighted by Gasteiger charge is -2.15. The van der Waals surface area contributed by atoms with Crippen molar-refractivity contribution in [3.05, 3.63) is 72.3 Å². The zero-order chi connectivity index (χ0) is 18.6. The van der Waals surface area contributed by atoms with Gasteiger partial charge in [0.2, 0.25) is 0 Å². The van der Waals surface area contributed by atoms with Gasteiger partial charge < -0.3 is 10.1 Å². The zero-order valence-corrected chi connectivity index (χ0v) is 15.3. The Labute approximate surface area is 157 Å². The van der Waals surface area contributed by atoms with Crippen LogP contribution in [0.3, 0.4) is 0 Å². The van der Waals surface area contributed by atoms with Crippen molar-refractivity contribution < 1.29 is 4.74 Å². The van der Waals surface area contributed by atoms with E-state index >= 15 is 0 Å². The smallest absolute Gasteiger partial charge is 0.185 e. The van der Waals surface area contributed by atoms with E-state index in [0.717, 1.165) is 23.0 Å². The lowest BCUT2D eigenvalue weighted by molar-refractivity contribution is 0.303. The summed E-state index contributed by atoms with van der Waals surface area (Å²) in [6.07, 6.45) is 0. The van der Waals surface area contributed by atoms with Crippen LogP contribution in [-0.2, 0) is 0 Å². The molecule has 1 unspecified atom stereocenters. The number of benzene rings is 2. The van der Waals surface area contributed by atoms with Crippen molar-refractivity contribution in [1.82, 2.24) is 19.8 Å². The number of aryl methyl sites for hydroxylation is 1. The third-order valence-corrected chi connectivity index (χ3v) is 4.21. The Balaban J connectivity index is 1.48. The second-order valence-electron chi connectivity index (χ2n) is 6.55. The minimum Gasteiger partial charge on any atom is -0.491 e. The van der Waals surface area contributed by atoms with E-state index in [4.69, 9.17) is 4.74 Å². The zero-order valence-electron chi connectivity index (χ0n) is 15.3. The average Bonchev–Trinajstić information content (AvgIpc) is 3.11. The molecule has 4 rings (SSSR count). The Hall–Kier alpha value is -3.41. The first kappa shape index (κ1) is 17.0. The van der Waals surface area contributed by atoms with Gasteiger partial charge in [-0.05, 0) is 38.1 Å². The van der Waals surface area contributed by atoms with Crippen molar-refractivity contribution in [2.75, 3.05) is 11.9 Å². The van der Waals surface area contributed by atoms with Crippen molar-refractivity contribution in [3.63, 3.8) is 0 Å². The Morgan fingerprint density at radius 3 is 2.52 bits per heavy atom. The van der Waals surface area contributed by atoms with Crippen LogP contribution in [0.5, 0.6) is 5.75 Å². The van der Waals surface area contributed by atoms with Crippen molar-refractivity contribution >= 4 is 11.5 Å². The molecule has 27 heavy (non-hydrogen) atoms. The number of nitrogens with zero attached hydrogens (tertiary/aromatic N) is 4. The van der Waals surface area contributed by atoms with E-state index in [-0.39, 0.29) is 6.04 Å². The summed E-state index contributed by atoms with van der Waals surface area (Å²) in [4.78, 5) is 0. The van der Waals surface area contributed by atoms with Crippen LogP contribution >= 0.6 is 0 Å². The number of hydrogen-bond donors (Lipinski definition) is 1. The molecule has 0 aliphatic carbocycles. The first-order chi connectivity index (χ1) is 13.2. The summed E-state index contributed by atoms with van der Waals surface area (Å²) in [5.74, 6) is 2.33. The molecule has 0 aliphatic rings. The van der Waals surface area contributed by atoms with Gasteiger partial charge in [0.05, 0.1) is 6.04 Å². The highest BCUT2D eigenvalue weighted by molar-refractivity contribution is 5.59. The first-order valence-electron chi connectivity index (χ1n) is 8.93. The molecule has 1 atom stereocenters. The monoisotopic (exact) mass is 359 g/mol. The molecule has 0 aliphatic heterocycles. The van der Waals surface area contributed by atoms with Gasteiger partial charge in [0.25, 0.3) is 0 Å². The fourth-order valence-corrected chi connectivity index (χ4v) is 2.78. The molecular weight excluding hydrogens is 338 g/mol. The van der Waals surface area contributed by atoms with Gasteiger partial charge in [-0.2, -0.15) is 4.52 Å². The maximum atomic E-state index is 5.84. The SMILES string of the molecule is Cc1ccc(OCC(C)Nc2ccc3nnc(-c4ccccc4)n3n2)cc1. The van der Waals surface area contributed by atoms with E-state index in [9.17, 15) is 0 Å². The summed E-state index contributed by atoms with van der Waals surface area (Å²) < 4.78 is 7.59. The largest absolute Gasteiger partial charge is 0.491 e. The quantitative estimate of drug-likeness (QED) is 0.564. The second kappa shape index (κ2) is 7.45. The minimum absolute atomic E-state index is 0.0907. The van der Waals surface area contributed by atoms with Crippen molar-refractivity contribution in [3.8, 4) is 17.1 Å². The van der Waals surface area contributed by atoms with Gasteiger partial charge in [-0.1, -0.05) is 48.0 Å². The topological polar surface area (TPSA) is 64.3 Å². The number of hydrogen-bond acceptors (Lipinski definition) is 5. The van der Waals surface area contributed by atoms with E-state index in [1.807, 2.05) is 66.7 Å². The molecule has 0 saturated carbocycles. The summed E-state index contributed by atoms with van der Waals surface area (Å²) in [7, 11) is 0. The fraction of sp³-hybridized carbons (Fsp3) is 0.190. The molecule has 2 aromatic carbocycles. The predicted molar refractivity (Wildman–Crippen MR) is 106 cm³/mol. The lowest BCUT2D eigenvalue weighted by atomic mass is 10.2. The summed E-state index contributed by atoms with van der Waals surface area (Å²) in [6.45, 7) is 4.66. The fourth-order valence-electron chi connectivity index (χ4n) is 2.78. The Morgan fingerprint density at radius 1 is 0.963 bits per heavy atom. The van der Waals surface area contributed by atoms with Gasteiger partial charge in [-0.3, -0.25) is 0 Å². The molecule has 0 spiro atoms. The molecule has 6 heteroatoms. The van der Waals surface area contributed by atoms with E-state index < -0.39 is 0 Å². The van der Waals surface area contributed by atoms with Crippen LogP contribution in [0.4, 0.5) is 5.82 Å². The van der Waals surface area contributed by atoms with Crippen LogP contribution in [0.15, 0.2) is 66.7 Å². The Morgan fingerprint density at radius 2 is 1.74 bits per heavy atom. The molecule has 0 radical (unpaired) electrons. The van der Waals surface area contributed by atoms with Crippen LogP contribution in [0, 0.1) is 6.92 Å². The molecule has 0 saturated heterocycles. The Bertz CT molecular complexity index is 1030. The van der Waals surface area contributed by atoms with Gasteiger partial charge >= 0.3 is 0 Å². The molecule has 4 aromatic rings. The third kappa shape index (κ3) is 3.89. The summed E-state index contributed by atoms with van der Waals surface area (Å²) >= 11 is 0. The van der Waals surface area contributed by atoms with Crippen molar-refractivity contribution in [2.45, 2.75) is 19.9 Å². The number of nitrogens with one attached hydrogen (secondary N) is 1. The highest BCUT2D eigenvalue weighted by Gasteiger charge is 2.11. The van der Waals surface area contributed by atoms with Crippen LogP contribution in [0.25, 0.3) is 17.0 Å². The molecular formula is C21H21N5O. The first-order valence-corrected chi connectivity index (χ1v) is 8.93. The van der Waals surface area contributed by atoms with Gasteiger partial charge in [-0.15, -0.1) is 15.3 Å². The molecule has 0 fully saturated rings. The average molecular weight is 359 g/mol. The van der Waals surface area contributed by atoms with Gasteiger partial charge in [0, 0.05) is 5.56 Å². The van der Waals surface area contributed by atoms with Crippen molar-refractivity contribution in [1.29, 1.82) is 0 Å². The van der Waals surface area contributed by atoms with Crippen LogP contribution in [0.2, 0.25) is 0 Å². The van der Waals surface area contributed by atoms with Crippen LogP contribution < -0.4 is 10.1 Å². The standard InChI is InChI=1S/C21H21N5O/c1-15-8-10-18(11-9-15)27-14-16(2)22-19-12-13-20-23-24-21(26(20)25-19)17-6-4-3-5-7-17/h3-13,16H,14H2,1-2H3,(H,22,25). The maximum absolute atomic E-state index is 5.84. The van der Waals surface area contributed by atoms with E-state index in [1.165, 1.54) is 5.56 Å². The molecule has 2 heterocycles. The van der Waals surface area contributed by atoms with E-state index in [0.29, 0.717) is 12.3 Å². The molecule has 6 nitrogen and oxygen atoms in total. The van der Waals surface area contributed by atoms with Crippen LogP contribution in [0.1, 0.15) is 12.5 Å². The van der Waals surface area contributed by atoms with E-state index in [2.05, 4.69) is 34.5 Å². The normalized spacial score (nSPS) is 12.1. The summed E-state index contributed by atoms with van der Waals surface area (Å²) in [5, 5.41) is 16.5. The lowest BCUT2D eigenvalue weighted by Crippen LogP contribution is -2.24. The van der Waals surface area contributed by atoms with Crippen molar-refractivity contribution in [2.24, 2.45) is 0 Å². The van der Waals surface area contributed by atoms with Gasteiger partial charge in [-0.25, -0.2) is 0 Å².